The van der Waals surface area contributed by atoms with Crippen LogP contribution >= 0.6 is 0 Å². The van der Waals surface area contributed by atoms with E-state index in [-0.39, 0.29) is 24.8 Å². The highest BCUT2D eigenvalue weighted by Crippen LogP contribution is 2.27. The number of aliphatic hydroxyl groups excluding tert-OH is 2. The molecule has 2 rings (SSSR count). The Labute approximate surface area is 113 Å². The largest absolute Gasteiger partial charge is 0.488 e. The standard InChI is InChI=1S/C14H22N2O3/c1-16(7-8-17)13-11(15)9-12(14(13)18)19-10-5-3-2-4-6-10/h2-6,11-14,17-18H,7-9,15H2,1H3/t11-,12-,13+,14+/m1/s1. The molecule has 1 fully saturated rings. The van der Waals surface area contributed by atoms with Crippen LogP contribution in [0.1, 0.15) is 6.42 Å². The second kappa shape index (κ2) is 6.34. The van der Waals surface area contributed by atoms with E-state index in [0.717, 1.165) is 5.75 Å². The second-order valence-corrected chi connectivity index (χ2v) is 5.05. The van der Waals surface area contributed by atoms with Gasteiger partial charge in [0.2, 0.25) is 0 Å². The van der Waals surface area contributed by atoms with Gasteiger partial charge in [-0.3, -0.25) is 4.90 Å². The summed E-state index contributed by atoms with van der Waals surface area (Å²) in [6, 6.07) is 9.10. The lowest BCUT2D eigenvalue weighted by atomic mass is 10.1. The Kier molecular flexibility index (Phi) is 4.76. The van der Waals surface area contributed by atoms with Crippen LogP contribution in [0.25, 0.3) is 0 Å². The lowest BCUT2D eigenvalue weighted by Gasteiger charge is -2.30. The second-order valence-electron chi connectivity index (χ2n) is 5.05. The molecule has 0 aliphatic heterocycles. The van der Waals surface area contributed by atoms with Crippen molar-refractivity contribution in [3.05, 3.63) is 30.3 Å². The Bertz CT molecular complexity index is 388. The Morgan fingerprint density at radius 2 is 2.05 bits per heavy atom. The van der Waals surface area contributed by atoms with E-state index in [9.17, 15) is 5.11 Å². The molecule has 0 heterocycles. The molecule has 0 unspecified atom stereocenters. The number of nitrogens with two attached hydrogens (primary N) is 1. The molecule has 0 aromatic heterocycles. The van der Waals surface area contributed by atoms with Crippen molar-refractivity contribution >= 4 is 0 Å². The molecular formula is C14H22N2O3. The van der Waals surface area contributed by atoms with Crippen molar-refractivity contribution in [2.24, 2.45) is 5.73 Å². The zero-order chi connectivity index (χ0) is 13.8. The number of benzene rings is 1. The highest BCUT2D eigenvalue weighted by Gasteiger charge is 2.43. The van der Waals surface area contributed by atoms with E-state index in [2.05, 4.69) is 0 Å². The quantitative estimate of drug-likeness (QED) is 0.689. The normalized spacial score (nSPS) is 30.8. The monoisotopic (exact) mass is 266 g/mol. The lowest BCUT2D eigenvalue weighted by molar-refractivity contribution is 0.0122. The van der Waals surface area contributed by atoms with Gasteiger partial charge in [-0.15, -0.1) is 0 Å². The molecule has 0 spiro atoms. The summed E-state index contributed by atoms with van der Waals surface area (Å²) in [5.41, 5.74) is 6.08. The van der Waals surface area contributed by atoms with E-state index in [4.69, 9.17) is 15.6 Å². The summed E-state index contributed by atoms with van der Waals surface area (Å²) in [5.74, 6) is 0.740. The molecule has 0 radical (unpaired) electrons. The minimum absolute atomic E-state index is 0.0522. The summed E-state index contributed by atoms with van der Waals surface area (Å²) in [7, 11) is 1.86. The van der Waals surface area contributed by atoms with Gasteiger partial charge < -0.3 is 20.7 Å². The van der Waals surface area contributed by atoms with Gasteiger partial charge in [0.25, 0.3) is 0 Å². The van der Waals surface area contributed by atoms with Crippen molar-refractivity contribution in [2.45, 2.75) is 30.7 Å². The predicted octanol–water partition coefficient (Wildman–Crippen LogP) is -0.181. The lowest BCUT2D eigenvalue weighted by Crippen LogP contribution is -2.50. The Balaban J connectivity index is 2.01. The molecule has 4 N–H and O–H groups in total. The average molecular weight is 266 g/mol. The van der Waals surface area contributed by atoms with E-state index in [1.807, 2.05) is 42.3 Å². The summed E-state index contributed by atoms with van der Waals surface area (Å²) in [4.78, 5) is 1.89. The van der Waals surface area contributed by atoms with Crippen molar-refractivity contribution in [3.63, 3.8) is 0 Å². The number of hydrogen-bond acceptors (Lipinski definition) is 5. The number of para-hydroxylation sites is 1. The molecule has 0 bridgehead atoms. The van der Waals surface area contributed by atoms with Crippen LogP contribution in [0.2, 0.25) is 0 Å². The van der Waals surface area contributed by atoms with Crippen LogP contribution in [-0.4, -0.2) is 59.6 Å². The molecule has 0 saturated heterocycles. The van der Waals surface area contributed by atoms with E-state index >= 15 is 0 Å². The van der Waals surface area contributed by atoms with Crippen LogP contribution < -0.4 is 10.5 Å². The maximum Gasteiger partial charge on any atom is 0.128 e. The van der Waals surface area contributed by atoms with Gasteiger partial charge in [-0.25, -0.2) is 0 Å². The predicted molar refractivity (Wildman–Crippen MR) is 73.0 cm³/mol. The number of ether oxygens (including phenoxy) is 1. The molecule has 1 aromatic rings. The molecule has 1 aliphatic carbocycles. The maximum atomic E-state index is 10.3. The van der Waals surface area contributed by atoms with Gasteiger partial charge in [0.15, 0.2) is 0 Å². The Hall–Kier alpha value is -1.14. The van der Waals surface area contributed by atoms with E-state index in [0.29, 0.717) is 13.0 Å². The fourth-order valence-corrected chi connectivity index (χ4v) is 2.71. The summed E-state index contributed by atoms with van der Waals surface area (Å²) < 4.78 is 5.80. The molecule has 4 atom stereocenters. The fourth-order valence-electron chi connectivity index (χ4n) is 2.71. The van der Waals surface area contributed by atoms with Crippen LogP contribution in [-0.2, 0) is 0 Å². The van der Waals surface area contributed by atoms with E-state index in [1.54, 1.807) is 0 Å². The van der Waals surface area contributed by atoms with Gasteiger partial charge in [-0.05, 0) is 19.2 Å². The third-order valence-electron chi connectivity index (χ3n) is 3.67. The van der Waals surface area contributed by atoms with E-state index in [1.165, 1.54) is 0 Å². The molecule has 5 nitrogen and oxygen atoms in total. The SMILES string of the molecule is CN(CCO)[C@@H]1[C@@H](O)[C@H](Oc2ccccc2)C[C@H]1N. The van der Waals surface area contributed by atoms with Gasteiger partial charge in [-0.2, -0.15) is 0 Å². The van der Waals surface area contributed by atoms with Crippen LogP contribution in [0.3, 0.4) is 0 Å². The number of aliphatic hydroxyl groups is 2. The molecule has 5 heteroatoms. The van der Waals surface area contributed by atoms with Crippen molar-refractivity contribution in [3.8, 4) is 5.75 Å². The third kappa shape index (κ3) is 3.25. The zero-order valence-electron chi connectivity index (χ0n) is 11.1. The van der Waals surface area contributed by atoms with Crippen molar-refractivity contribution in [2.75, 3.05) is 20.2 Å². The number of likely N-dealkylation sites (N-methyl/N-ethyl adjacent to an activating group) is 1. The fraction of sp³-hybridized carbons (Fsp3) is 0.571. The van der Waals surface area contributed by atoms with Crippen LogP contribution in [0.15, 0.2) is 30.3 Å². The first kappa shape index (κ1) is 14.3. The van der Waals surface area contributed by atoms with Crippen LogP contribution in [0, 0.1) is 0 Å². The first-order chi connectivity index (χ1) is 9.13. The minimum Gasteiger partial charge on any atom is -0.488 e. The topological polar surface area (TPSA) is 79.0 Å². The first-order valence-corrected chi connectivity index (χ1v) is 6.60. The summed E-state index contributed by atoms with van der Waals surface area (Å²) in [5, 5.41) is 19.3. The minimum atomic E-state index is -0.647. The summed E-state index contributed by atoms with van der Waals surface area (Å²) in [6.45, 7) is 0.546. The number of rotatable bonds is 5. The maximum absolute atomic E-state index is 10.3. The molecule has 106 valence electrons. The van der Waals surface area contributed by atoms with Gasteiger partial charge in [0, 0.05) is 19.0 Å². The molecule has 1 saturated carbocycles. The molecular weight excluding hydrogens is 244 g/mol. The molecule has 19 heavy (non-hydrogen) atoms. The molecule has 0 amide bonds. The molecule has 1 aliphatic rings. The van der Waals surface area contributed by atoms with Crippen molar-refractivity contribution in [1.29, 1.82) is 0 Å². The van der Waals surface area contributed by atoms with Gasteiger partial charge in [0.1, 0.15) is 18.0 Å². The van der Waals surface area contributed by atoms with Crippen molar-refractivity contribution < 1.29 is 14.9 Å². The van der Waals surface area contributed by atoms with Crippen LogP contribution in [0.4, 0.5) is 0 Å². The highest BCUT2D eigenvalue weighted by molar-refractivity contribution is 5.22. The summed E-state index contributed by atoms with van der Waals surface area (Å²) in [6.07, 6.45) is -0.341. The average Bonchev–Trinajstić information content (AvgIpc) is 2.66. The molecule has 1 aromatic carbocycles. The summed E-state index contributed by atoms with van der Waals surface area (Å²) >= 11 is 0. The number of nitrogens with zero attached hydrogens (tertiary/aromatic N) is 1. The highest BCUT2D eigenvalue weighted by atomic mass is 16.5. The zero-order valence-corrected chi connectivity index (χ0v) is 11.1. The number of hydrogen-bond donors (Lipinski definition) is 3. The Morgan fingerprint density at radius 1 is 1.37 bits per heavy atom. The van der Waals surface area contributed by atoms with Crippen LogP contribution in [0.5, 0.6) is 5.75 Å². The van der Waals surface area contributed by atoms with Crippen molar-refractivity contribution in [1.82, 2.24) is 4.90 Å². The van der Waals surface area contributed by atoms with E-state index < -0.39 is 6.10 Å². The first-order valence-electron chi connectivity index (χ1n) is 6.60. The Morgan fingerprint density at radius 3 is 2.68 bits per heavy atom. The van der Waals surface area contributed by atoms with Gasteiger partial charge >= 0.3 is 0 Å². The smallest absolute Gasteiger partial charge is 0.128 e. The van der Waals surface area contributed by atoms with Gasteiger partial charge in [0.05, 0.1) is 12.6 Å². The third-order valence-corrected chi connectivity index (χ3v) is 3.67. The van der Waals surface area contributed by atoms with Gasteiger partial charge in [-0.1, -0.05) is 18.2 Å².